The van der Waals surface area contributed by atoms with Crippen LogP contribution in [0.5, 0.6) is 0 Å². The molecule has 3 nitrogen and oxygen atoms in total. The van der Waals surface area contributed by atoms with Gasteiger partial charge in [-0.2, -0.15) is 0 Å². The molecule has 0 bridgehead atoms. The average molecular weight is 268 g/mol. The molecule has 0 radical (unpaired) electrons. The number of pyridine rings is 1. The van der Waals surface area contributed by atoms with Crippen LogP contribution in [0, 0.1) is 6.92 Å². The molecule has 0 spiro atoms. The van der Waals surface area contributed by atoms with Crippen LogP contribution in [0.3, 0.4) is 0 Å². The second-order valence-corrected chi connectivity index (χ2v) is 4.71. The summed E-state index contributed by atoms with van der Waals surface area (Å²) in [6, 6.07) is 4.00. The monoisotopic (exact) mass is 267 g/mol. The summed E-state index contributed by atoms with van der Waals surface area (Å²) in [4.78, 5) is 4.51. The molecule has 1 unspecified atom stereocenters. The van der Waals surface area contributed by atoms with Crippen LogP contribution in [0.4, 0.5) is 0 Å². The second-order valence-electron chi connectivity index (χ2n) is 3.79. The molecule has 1 atom stereocenters. The average Bonchev–Trinajstić information content (AvgIpc) is 2.52. The summed E-state index contributed by atoms with van der Waals surface area (Å²) in [7, 11) is 0. The Labute approximate surface area is 97.4 Å². The molecule has 0 saturated carbocycles. The van der Waals surface area contributed by atoms with E-state index in [1.54, 1.807) is 0 Å². The van der Waals surface area contributed by atoms with E-state index in [-0.39, 0.29) is 0 Å². The number of nitrogens with two attached hydrogens (primary N) is 1. The standard InChI is InChI=1S/C11H14BrN3/c1-7(5-13)11-8(2)14-10-4-3-9(12)6-15(10)11/h3-4,6-7H,5,13H2,1-2H3. The summed E-state index contributed by atoms with van der Waals surface area (Å²) >= 11 is 3.47. The summed E-state index contributed by atoms with van der Waals surface area (Å²) in [5.74, 6) is 0.328. The summed E-state index contributed by atoms with van der Waals surface area (Å²) in [5.41, 5.74) is 8.95. The number of aryl methyl sites for hydroxylation is 1. The molecular formula is C11H14BrN3. The number of rotatable bonds is 2. The lowest BCUT2D eigenvalue weighted by molar-refractivity contribution is 0.729. The third-order valence-corrected chi connectivity index (χ3v) is 3.09. The fourth-order valence-electron chi connectivity index (χ4n) is 1.86. The minimum absolute atomic E-state index is 0.328. The number of nitrogens with zero attached hydrogens (tertiary/aromatic N) is 2. The first-order valence-electron chi connectivity index (χ1n) is 4.97. The zero-order valence-electron chi connectivity index (χ0n) is 8.87. The van der Waals surface area contributed by atoms with Crippen LogP contribution in [-0.4, -0.2) is 15.9 Å². The van der Waals surface area contributed by atoms with Crippen molar-refractivity contribution in [3.05, 3.63) is 34.2 Å². The number of imidazole rings is 1. The van der Waals surface area contributed by atoms with Crippen LogP contribution in [0.1, 0.15) is 24.2 Å². The third kappa shape index (κ3) is 1.79. The predicted molar refractivity (Wildman–Crippen MR) is 65.1 cm³/mol. The van der Waals surface area contributed by atoms with Crippen molar-refractivity contribution < 1.29 is 0 Å². The van der Waals surface area contributed by atoms with Gasteiger partial charge >= 0.3 is 0 Å². The molecule has 2 rings (SSSR count). The van der Waals surface area contributed by atoms with Gasteiger partial charge in [0.25, 0.3) is 0 Å². The molecule has 0 aliphatic carbocycles. The molecule has 15 heavy (non-hydrogen) atoms. The molecule has 0 saturated heterocycles. The van der Waals surface area contributed by atoms with E-state index in [0.717, 1.165) is 15.8 Å². The highest BCUT2D eigenvalue weighted by Crippen LogP contribution is 2.22. The number of hydrogen-bond acceptors (Lipinski definition) is 2. The smallest absolute Gasteiger partial charge is 0.137 e. The van der Waals surface area contributed by atoms with Gasteiger partial charge in [0.2, 0.25) is 0 Å². The zero-order valence-corrected chi connectivity index (χ0v) is 10.5. The Morgan fingerprint density at radius 2 is 2.27 bits per heavy atom. The van der Waals surface area contributed by atoms with E-state index >= 15 is 0 Å². The van der Waals surface area contributed by atoms with Crippen molar-refractivity contribution in [2.75, 3.05) is 6.54 Å². The van der Waals surface area contributed by atoms with E-state index in [0.29, 0.717) is 12.5 Å². The van der Waals surface area contributed by atoms with Gasteiger partial charge in [0.15, 0.2) is 0 Å². The Hall–Kier alpha value is -0.870. The molecule has 2 aromatic heterocycles. The van der Waals surface area contributed by atoms with E-state index in [4.69, 9.17) is 5.73 Å². The van der Waals surface area contributed by atoms with Gasteiger partial charge < -0.3 is 10.1 Å². The number of fused-ring (bicyclic) bond motifs is 1. The Kier molecular flexibility index (Phi) is 2.80. The number of halogens is 1. The normalized spacial score (nSPS) is 13.3. The Balaban J connectivity index is 2.70. The van der Waals surface area contributed by atoms with Crippen molar-refractivity contribution in [2.45, 2.75) is 19.8 Å². The topological polar surface area (TPSA) is 43.3 Å². The van der Waals surface area contributed by atoms with E-state index in [1.807, 2.05) is 25.3 Å². The van der Waals surface area contributed by atoms with Crippen molar-refractivity contribution in [1.29, 1.82) is 0 Å². The molecule has 0 amide bonds. The lowest BCUT2D eigenvalue weighted by Crippen LogP contribution is -2.12. The first-order chi connectivity index (χ1) is 7.13. The molecule has 0 aliphatic rings. The summed E-state index contributed by atoms with van der Waals surface area (Å²) in [6.07, 6.45) is 2.04. The first kappa shape index (κ1) is 10.6. The predicted octanol–water partition coefficient (Wildman–Crippen LogP) is 2.47. The van der Waals surface area contributed by atoms with Gasteiger partial charge in [-0.15, -0.1) is 0 Å². The summed E-state index contributed by atoms with van der Waals surface area (Å²) in [6.45, 7) is 4.79. The molecule has 0 aromatic carbocycles. The lowest BCUT2D eigenvalue weighted by atomic mass is 10.1. The highest BCUT2D eigenvalue weighted by molar-refractivity contribution is 9.10. The molecular weight excluding hydrogens is 254 g/mol. The molecule has 2 aromatic rings. The zero-order chi connectivity index (χ0) is 11.0. The molecule has 2 N–H and O–H groups in total. The summed E-state index contributed by atoms with van der Waals surface area (Å²) < 4.78 is 3.16. The molecule has 2 heterocycles. The largest absolute Gasteiger partial charge is 0.330 e. The lowest BCUT2D eigenvalue weighted by Gasteiger charge is -2.09. The minimum Gasteiger partial charge on any atom is -0.330 e. The Morgan fingerprint density at radius 1 is 1.53 bits per heavy atom. The van der Waals surface area contributed by atoms with E-state index in [1.165, 1.54) is 5.69 Å². The van der Waals surface area contributed by atoms with Gasteiger partial charge in [-0.1, -0.05) is 6.92 Å². The van der Waals surface area contributed by atoms with Crippen LogP contribution in [0.2, 0.25) is 0 Å². The molecule has 4 heteroatoms. The number of hydrogen-bond donors (Lipinski definition) is 1. The minimum atomic E-state index is 0.328. The van der Waals surface area contributed by atoms with Gasteiger partial charge in [-0.25, -0.2) is 4.98 Å². The summed E-state index contributed by atoms with van der Waals surface area (Å²) in [5, 5.41) is 0. The molecule has 80 valence electrons. The maximum atomic E-state index is 5.71. The van der Waals surface area contributed by atoms with Crippen LogP contribution in [0.15, 0.2) is 22.8 Å². The van der Waals surface area contributed by atoms with Crippen molar-refractivity contribution >= 4 is 21.6 Å². The highest BCUT2D eigenvalue weighted by atomic mass is 79.9. The van der Waals surface area contributed by atoms with E-state index in [2.05, 4.69) is 32.2 Å². The quantitative estimate of drug-likeness (QED) is 0.909. The Bertz CT molecular complexity index is 490. The van der Waals surface area contributed by atoms with Gasteiger partial charge in [-0.05, 0) is 35.0 Å². The van der Waals surface area contributed by atoms with Crippen LogP contribution in [-0.2, 0) is 0 Å². The van der Waals surface area contributed by atoms with Gasteiger partial charge in [0.05, 0.1) is 5.69 Å². The third-order valence-electron chi connectivity index (χ3n) is 2.62. The van der Waals surface area contributed by atoms with E-state index in [9.17, 15) is 0 Å². The van der Waals surface area contributed by atoms with Gasteiger partial charge in [-0.3, -0.25) is 0 Å². The van der Waals surface area contributed by atoms with Crippen LogP contribution >= 0.6 is 15.9 Å². The van der Waals surface area contributed by atoms with Gasteiger partial charge in [0, 0.05) is 28.8 Å². The van der Waals surface area contributed by atoms with Crippen molar-refractivity contribution in [2.24, 2.45) is 5.73 Å². The maximum Gasteiger partial charge on any atom is 0.137 e. The fourth-order valence-corrected chi connectivity index (χ4v) is 2.20. The molecule has 0 aliphatic heterocycles. The van der Waals surface area contributed by atoms with Crippen molar-refractivity contribution in [3.8, 4) is 0 Å². The first-order valence-corrected chi connectivity index (χ1v) is 5.77. The second kappa shape index (κ2) is 3.94. The van der Waals surface area contributed by atoms with Crippen LogP contribution < -0.4 is 5.73 Å². The Morgan fingerprint density at radius 3 is 2.93 bits per heavy atom. The van der Waals surface area contributed by atoms with Gasteiger partial charge in [0.1, 0.15) is 5.65 Å². The fraction of sp³-hybridized carbons (Fsp3) is 0.364. The van der Waals surface area contributed by atoms with Crippen molar-refractivity contribution in [1.82, 2.24) is 9.38 Å². The highest BCUT2D eigenvalue weighted by Gasteiger charge is 2.13. The van der Waals surface area contributed by atoms with E-state index < -0.39 is 0 Å². The van der Waals surface area contributed by atoms with Crippen LogP contribution in [0.25, 0.3) is 5.65 Å². The SMILES string of the molecule is Cc1nc2ccc(Br)cn2c1C(C)CN. The molecule has 0 fully saturated rings. The number of aromatic nitrogens is 2. The van der Waals surface area contributed by atoms with Crippen molar-refractivity contribution in [3.63, 3.8) is 0 Å². The maximum absolute atomic E-state index is 5.71.